The lowest BCUT2D eigenvalue weighted by Crippen LogP contribution is -2.39. The van der Waals surface area contributed by atoms with Crippen molar-refractivity contribution in [3.63, 3.8) is 0 Å². The SMILES string of the molecule is COc1cccc(C(O)CNC(=O)CN2CCOC2=O)n1. The third-order valence-corrected chi connectivity index (χ3v) is 2.97. The highest BCUT2D eigenvalue weighted by atomic mass is 16.6. The Morgan fingerprint density at radius 3 is 3.10 bits per heavy atom. The van der Waals surface area contributed by atoms with Crippen LogP contribution in [0.2, 0.25) is 0 Å². The van der Waals surface area contributed by atoms with Gasteiger partial charge in [-0.05, 0) is 6.07 Å². The molecule has 1 fully saturated rings. The first-order valence-corrected chi connectivity index (χ1v) is 6.47. The van der Waals surface area contributed by atoms with Crippen LogP contribution in [0.4, 0.5) is 4.79 Å². The van der Waals surface area contributed by atoms with Crippen molar-refractivity contribution >= 4 is 12.0 Å². The van der Waals surface area contributed by atoms with Crippen LogP contribution >= 0.6 is 0 Å². The van der Waals surface area contributed by atoms with Crippen LogP contribution in [-0.4, -0.2) is 60.3 Å². The Balaban J connectivity index is 1.81. The van der Waals surface area contributed by atoms with Gasteiger partial charge in [0.15, 0.2) is 0 Å². The molecular weight excluding hydrogens is 278 g/mol. The predicted molar refractivity (Wildman–Crippen MR) is 71.7 cm³/mol. The van der Waals surface area contributed by atoms with E-state index in [-0.39, 0.29) is 19.0 Å². The second-order valence-electron chi connectivity index (χ2n) is 4.46. The Hall–Kier alpha value is -2.35. The molecular formula is C13H17N3O5. The van der Waals surface area contributed by atoms with Crippen LogP contribution in [0.25, 0.3) is 0 Å². The van der Waals surface area contributed by atoms with E-state index in [0.717, 1.165) is 0 Å². The summed E-state index contributed by atoms with van der Waals surface area (Å²) in [5, 5.41) is 12.5. The van der Waals surface area contributed by atoms with Gasteiger partial charge in [0, 0.05) is 12.6 Å². The fraction of sp³-hybridized carbons (Fsp3) is 0.462. The quantitative estimate of drug-likeness (QED) is 0.746. The number of aliphatic hydroxyl groups is 1. The van der Waals surface area contributed by atoms with Gasteiger partial charge in [0.1, 0.15) is 19.3 Å². The summed E-state index contributed by atoms with van der Waals surface area (Å²) in [7, 11) is 1.48. The zero-order valence-corrected chi connectivity index (χ0v) is 11.6. The summed E-state index contributed by atoms with van der Waals surface area (Å²) in [5.41, 5.74) is 0.398. The number of nitrogens with zero attached hydrogens (tertiary/aromatic N) is 2. The topological polar surface area (TPSA) is 101 Å². The fourth-order valence-electron chi connectivity index (χ4n) is 1.84. The maximum Gasteiger partial charge on any atom is 0.410 e. The molecule has 2 heterocycles. The molecule has 2 rings (SSSR count). The lowest BCUT2D eigenvalue weighted by molar-refractivity contribution is -0.122. The molecule has 2 amide bonds. The van der Waals surface area contributed by atoms with E-state index in [9.17, 15) is 14.7 Å². The zero-order chi connectivity index (χ0) is 15.2. The van der Waals surface area contributed by atoms with Gasteiger partial charge in [-0.25, -0.2) is 9.78 Å². The number of carbonyl (C=O) groups is 2. The summed E-state index contributed by atoms with van der Waals surface area (Å²) in [5.74, 6) is 0.0217. The number of cyclic esters (lactones) is 1. The van der Waals surface area contributed by atoms with Crippen molar-refractivity contribution < 1.29 is 24.2 Å². The molecule has 0 bridgehead atoms. The van der Waals surface area contributed by atoms with Crippen LogP contribution in [0.1, 0.15) is 11.8 Å². The molecule has 0 aliphatic carbocycles. The molecule has 114 valence electrons. The van der Waals surface area contributed by atoms with Crippen LogP contribution < -0.4 is 10.1 Å². The average molecular weight is 295 g/mol. The van der Waals surface area contributed by atoms with Crippen molar-refractivity contribution in [2.24, 2.45) is 0 Å². The third-order valence-electron chi connectivity index (χ3n) is 2.97. The van der Waals surface area contributed by atoms with Crippen molar-refractivity contribution in [3.8, 4) is 5.88 Å². The number of methoxy groups -OCH3 is 1. The first kappa shape index (κ1) is 15.0. The largest absolute Gasteiger partial charge is 0.481 e. The highest BCUT2D eigenvalue weighted by molar-refractivity contribution is 5.82. The molecule has 1 aliphatic rings. The number of carbonyl (C=O) groups excluding carboxylic acids is 2. The summed E-state index contributed by atoms with van der Waals surface area (Å²) < 4.78 is 9.68. The van der Waals surface area contributed by atoms with E-state index >= 15 is 0 Å². The molecule has 1 aromatic heterocycles. The maximum absolute atomic E-state index is 11.7. The van der Waals surface area contributed by atoms with Gasteiger partial charge in [-0.2, -0.15) is 0 Å². The van der Waals surface area contributed by atoms with Crippen molar-refractivity contribution in [3.05, 3.63) is 23.9 Å². The van der Waals surface area contributed by atoms with E-state index in [1.54, 1.807) is 18.2 Å². The Bertz CT molecular complexity index is 522. The van der Waals surface area contributed by atoms with Crippen LogP contribution in [0.5, 0.6) is 5.88 Å². The van der Waals surface area contributed by atoms with E-state index in [1.165, 1.54) is 12.0 Å². The van der Waals surface area contributed by atoms with E-state index in [2.05, 4.69) is 10.3 Å². The monoisotopic (exact) mass is 295 g/mol. The molecule has 0 aromatic carbocycles. The van der Waals surface area contributed by atoms with Crippen LogP contribution in [0, 0.1) is 0 Å². The predicted octanol–water partition coefficient (Wildman–Crippen LogP) is -0.308. The zero-order valence-electron chi connectivity index (χ0n) is 11.6. The van der Waals surface area contributed by atoms with Gasteiger partial charge in [0.25, 0.3) is 0 Å². The van der Waals surface area contributed by atoms with Crippen molar-refractivity contribution in [1.82, 2.24) is 15.2 Å². The Kier molecular flexibility index (Phi) is 4.94. The Morgan fingerprint density at radius 1 is 1.62 bits per heavy atom. The second kappa shape index (κ2) is 6.89. The van der Waals surface area contributed by atoms with Gasteiger partial charge in [-0.15, -0.1) is 0 Å². The van der Waals surface area contributed by atoms with Gasteiger partial charge in [-0.3, -0.25) is 9.69 Å². The molecule has 0 spiro atoms. The van der Waals surface area contributed by atoms with E-state index in [1.807, 2.05) is 0 Å². The summed E-state index contributed by atoms with van der Waals surface area (Å²) in [6, 6.07) is 5.00. The highest BCUT2D eigenvalue weighted by Gasteiger charge is 2.24. The fourth-order valence-corrected chi connectivity index (χ4v) is 1.84. The lowest BCUT2D eigenvalue weighted by Gasteiger charge is -2.15. The normalized spacial score (nSPS) is 15.5. The van der Waals surface area contributed by atoms with Gasteiger partial charge >= 0.3 is 6.09 Å². The molecule has 8 nitrogen and oxygen atoms in total. The second-order valence-corrected chi connectivity index (χ2v) is 4.46. The maximum atomic E-state index is 11.7. The number of hydrogen-bond acceptors (Lipinski definition) is 6. The summed E-state index contributed by atoms with van der Waals surface area (Å²) in [6.07, 6.45) is -1.45. The number of pyridine rings is 1. The van der Waals surface area contributed by atoms with E-state index in [4.69, 9.17) is 9.47 Å². The first-order chi connectivity index (χ1) is 10.1. The summed E-state index contributed by atoms with van der Waals surface area (Å²) in [4.78, 5) is 28.3. The summed E-state index contributed by atoms with van der Waals surface area (Å²) in [6.45, 7) is 0.605. The number of amides is 2. The lowest BCUT2D eigenvalue weighted by atomic mass is 10.2. The first-order valence-electron chi connectivity index (χ1n) is 6.47. The molecule has 1 saturated heterocycles. The third kappa shape index (κ3) is 4.06. The molecule has 0 saturated carbocycles. The molecule has 1 aromatic rings. The molecule has 1 unspecified atom stereocenters. The molecule has 1 aliphatic heterocycles. The van der Waals surface area contributed by atoms with E-state index < -0.39 is 12.2 Å². The van der Waals surface area contributed by atoms with Crippen molar-refractivity contribution in [2.45, 2.75) is 6.10 Å². The molecule has 2 N–H and O–H groups in total. The number of rotatable bonds is 6. The molecule has 0 radical (unpaired) electrons. The molecule has 8 heteroatoms. The number of hydrogen-bond donors (Lipinski definition) is 2. The minimum absolute atomic E-state index is 0.00187. The van der Waals surface area contributed by atoms with Gasteiger partial charge < -0.3 is 19.9 Å². The number of nitrogens with one attached hydrogen (secondary N) is 1. The standard InChI is InChI=1S/C13H17N3O5/c1-20-12-4-2-3-9(15-12)10(17)7-14-11(18)8-16-5-6-21-13(16)19/h2-4,10,17H,5-8H2,1H3,(H,14,18). The smallest absolute Gasteiger partial charge is 0.410 e. The Morgan fingerprint density at radius 2 is 2.43 bits per heavy atom. The van der Waals surface area contributed by atoms with Gasteiger partial charge in [0.05, 0.1) is 19.3 Å². The molecule has 1 atom stereocenters. The number of ether oxygens (including phenoxy) is 2. The average Bonchev–Trinajstić information content (AvgIpc) is 2.90. The summed E-state index contributed by atoms with van der Waals surface area (Å²) >= 11 is 0. The van der Waals surface area contributed by atoms with Gasteiger partial charge in [-0.1, -0.05) is 6.07 Å². The van der Waals surface area contributed by atoms with Crippen LogP contribution in [0.15, 0.2) is 18.2 Å². The van der Waals surface area contributed by atoms with Crippen LogP contribution in [-0.2, 0) is 9.53 Å². The van der Waals surface area contributed by atoms with Gasteiger partial charge in [0.2, 0.25) is 11.8 Å². The van der Waals surface area contributed by atoms with Crippen LogP contribution in [0.3, 0.4) is 0 Å². The minimum atomic E-state index is -0.949. The van der Waals surface area contributed by atoms with Crippen molar-refractivity contribution in [2.75, 3.05) is 33.4 Å². The molecule has 21 heavy (non-hydrogen) atoms. The number of aliphatic hydroxyl groups excluding tert-OH is 1. The van der Waals surface area contributed by atoms with Crippen molar-refractivity contribution in [1.29, 1.82) is 0 Å². The Labute approximate surface area is 121 Å². The minimum Gasteiger partial charge on any atom is -0.481 e. The number of aromatic nitrogens is 1. The van der Waals surface area contributed by atoms with E-state index in [0.29, 0.717) is 24.7 Å². The highest BCUT2D eigenvalue weighted by Crippen LogP contribution is 2.13.